The van der Waals surface area contributed by atoms with Gasteiger partial charge in [0.15, 0.2) is 5.78 Å². The average molecular weight is 409 g/mol. The van der Waals surface area contributed by atoms with Crippen LogP contribution in [-0.2, 0) is 0 Å². The standard InChI is InChI=1S/C28H28N2O/c1-19-8-7-9-20(2)25(19)27-23-13-12-22(30-16-14-29(3)15-17-30)18-24(23)28(31)26(27)21-10-5-4-6-11-21/h4-13,18H,14-17H2,1-3H3. The van der Waals surface area contributed by atoms with Crippen LogP contribution in [0.3, 0.4) is 0 Å². The number of benzene rings is 3. The van der Waals surface area contributed by atoms with Crippen LogP contribution in [0.15, 0.2) is 66.7 Å². The highest BCUT2D eigenvalue weighted by molar-refractivity contribution is 6.41. The predicted molar refractivity (Wildman–Crippen MR) is 129 cm³/mol. The lowest BCUT2D eigenvalue weighted by atomic mass is 9.88. The molecule has 3 aromatic carbocycles. The van der Waals surface area contributed by atoms with Crippen molar-refractivity contribution in [2.75, 3.05) is 38.1 Å². The monoisotopic (exact) mass is 408 g/mol. The van der Waals surface area contributed by atoms with Gasteiger partial charge in [0, 0.05) is 48.6 Å². The summed E-state index contributed by atoms with van der Waals surface area (Å²) in [5.74, 6) is 0.134. The minimum absolute atomic E-state index is 0.134. The summed E-state index contributed by atoms with van der Waals surface area (Å²) >= 11 is 0. The number of hydrogen-bond donors (Lipinski definition) is 0. The van der Waals surface area contributed by atoms with Crippen molar-refractivity contribution in [1.82, 2.24) is 4.90 Å². The SMILES string of the molecule is Cc1cccc(C)c1C1=C(c2ccccc2)C(=O)c2cc(N3CCN(C)CC3)ccc21. The number of carbonyl (C=O) groups excluding carboxylic acids is 1. The Morgan fingerprint density at radius 3 is 2.06 bits per heavy atom. The van der Waals surface area contributed by atoms with Crippen molar-refractivity contribution >= 4 is 22.6 Å². The molecule has 0 aromatic heterocycles. The minimum atomic E-state index is 0.134. The third-order valence-electron chi connectivity index (χ3n) is 6.66. The van der Waals surface area contributed by atoms with Crippen molar-refractivity contribution in [3.05, 3.63) is 100 Å². The smallest absolute Gasteiger partial charge is 0.194 e. The van der Waals surface area contributed by atoms with Crippen LogP contribution in [0.2, 0.25) is 0 Å². The van der Waals surface area contributed by atoms with Crippen LogP contribution in [0.4, 0.5) is 5.69 Å². The zero-order chi connectivity index (χ0) is 21.5. The van der Waals surface area contributed by atoms with E-state index in [4.69, 9.17) is 0 Å². The molecule has 0 bridgehead atoms. The van der Waals surface area contributed by atoms with Crippen molar-refractivity contribution < 1.29 is 4.79 Å². The van der Waals surface area contributed by atoms with Crippen LogP contribution in [0.1, 0.15) is 38.2 Å². The van der Waals surface area contributed by atoms with E-state index in [2.05, 4.69) is 67.1 Å². The lowest BCUT2D eigenvalue weighted by Crippen LogP contribution is -2.44. The van der Waals surface area contributed by atoms with E-state index in [1.807, 2.05) is 30.3 Å². The number of anilines is 1. The first-order valence-electron chi connectivity index (χ1n) is 11.0. The second-order valence-corrected chi connectivity index (χ2v) is 8.73. The average Bonchev–Trinajstić information content (AvgIpc) is 3.06. The molecule has 3 aromatic rings. The zero-order valence-electron chi connectivity index (χ0n) is 18.5. The lowest BCUT2D eigenvalue weighted by molar-refractivity contribution is 0.105. The minimum Gasteiger partial charge on any atom is -0.369 e. The van der Waals surface area contributed by atoms with Crippen molar-refractivity contribution in [2.24, 2.45) is 0 Å². The van der Waals surface area contributed by atoms with E-state index in [9.17, 15) is 4.79 Å². The van der Waals surface area contributed by atoms with Gasteiger partial charge in [-0.05, 0) is 60.8 Å². The van der Waals surface area contributed by atoms with Gasteiger partial charge in [0.05, 0.1) is 0 Å². The van der Waals surface area contributed by atoms with E-state index in [0.29, 0.717) is 0 Å². The summed E-state index contributed by atoms with van der Waals surface area (Å²) in [7, 11) is 2.16. The molecule has 3 nitrogen and oxygen atoms in total. The molecule has 2 aliphatic rings. The van der Waals surface area contributed by atoms with Crippen LogP contribution in [0, 0.1) is 13.8 Å². The molecule has 0 saturated carbocycles. The van der Waals surface area contributed by atoms with Crippen LogP contribution < -0.4 is 4.90 Å². The Kier molecular flexibility index (Phi) is 4.99. The number of carbonyl (C=O) groups is 1. The quantitative estimate of drug-likeness (QED) is 0.594. The number of Topliss-reactive ketones (excluding diaryl/α,β-unsaturated/α-hetero) is 1. The molecule has 1 aliphatic carbocycles. The van der Waals surface area contributed by atoms with Crippen LogP contribution in [0.5, 0.6) is 0 Å². The van der Waals surface area contributed by atoms with Crippen molar-refractivity contribution in [2.45, 2.75) is 13.8 Å². The summed E-state index contributed by atoms with van der Waals surface area (Å²) in [6, 6.07) is 23.0. The van der Waals surface area contributed by atoms with Gasteiger partial charge in [-0.15, -0.1) is 0 Å². The molecule has 0 amide bonds. The molecule has 31 heavy (non-hydrogen) atoms. The molecule has 3 heteroatoms. The summed E-state index contributed by atoms with van der Waals surface area (Å²) in [4.78, 5) is 18.6. The highest BCUT2D eigenvalue weighted by Crippen LogP contribution is 2.45. The van der Waals surface area contributed by atoms with Gasteiger partial charge in [-0.2, -0.15) is 0 Å². The Hall–Kier alpha value is -3.17. The first kappa shape index (κ1) is 19.8. The maximum absolute atomic E-state index is 13.8. The van der Waals surface area contributed by atoms with E-state index in [-0.39, 0.29) is 5.78 Å². The summed E-state index contributed by atoms with van der Waals surface area (Å²) in [6.07, 6.45) is 0. The topological polar surface area (TPSA) is 23.6 Å². The Morgan fingerprint density at radius 1 is 0.710 bits per heavy atom. The van der Waals surface area contributed by atoms with Gasteiger partial charge in [0.25, 0.3) is 0 Å². The molecule has 156 valence electrons. The van der Waals surface area contributed by atoms with Gasteiger partial charge in [0.1, 0.15) is 0 Å². The predicted octanol–water partition coefficient (Wildman–Crippen LogP) is 5.21. The number of ketones is 1. The zero-order valence-corrected chi connectivity index (χ0v) is 18.5. The molecule has 1 fully saturated rings. The Morgan fingerprint density at radius 2 is 1.39 bits per heavy atom. The van der Waals surface area contributed by atoms with E-state index < -0.39 is 0 Å². The van der Waals surface area contributed by atoms with Crippen LogP contribution in [0.25, 0.3) is 11.1 Å². The summed E-state index contributed by atoms with van der Waals surface area (Å²) in [5.41, 5.74) is 9.50. The van der Waals surface area contributed by atoms with E-state index >= 15 is 0 Å². The fraction of sp³-hybridized carbons (Fsp3) is 0.250. The fourth-order valence-corrected chi connectivity index (χ4v) is 4.93. The van der Waals surface area contributed by atoms with Crippen molar-refractivity contribution in [3.8, 4) is 0 Å². The highest BCUT2D eigenvalue weighted by atomic mass is 16.1. The number of fused-ring (bicyclic) bond motifs is 1. The largest absolute Gasteiger partial charge is 0.369 e. The molecule has 1 heterocycles. The third kappa shape index (κ3) is 3.39. The maximum atomic E-state index is 13.8. The van der Waals surface area contributed by atoms with E-state index in [1.165, 1.54) is 16.7 Å². The number of likely N-dealkylation sites (N-methyl/N-ethyl adjacent to an activating group) is 1. The van der Waals surface area contributed by atoms with Crippen LogP contribution >= 0.6 is 0 Å². The highest BCUT2D eigenvalue weighted by Gasteiger charge is 2.33. The molecule has 0 unspecified atom stereocenters. The van der Waals surface area contributed by atoms with Gasteiger partial charge in [-0.3, -0.25) is 4.79 Å². The second-order valence-electron chi connectivity index (χ2n) is 8.73. The lowest BCUT2D eigenvalue weighted by Gasteiger charge is -2.34. The molecule has 5 rings (SSSR count). The van der Waals surface area contributed by atoms with Gasteiger partial charge < -0.3 is 9.80 Å². The number of hydrogen-bond acceptors (Lipinski definition) is 3. The molecule has 0 spiro atoms. The van der Waals surface area contributed by atoms with Crippen molar-refractivity contribution in [1.29, 1.82) is 0 Å². The van der Waals surface area contributed by atoms with Gasteiger partial charge in [0.2, 0.25) is 0 Å². The first-order chi connectivity index (χ1) is 15.0. The molecule has 0 N–H and O–H groups in total. The first-order valence-corrected chi connectivity index (χ1v) is 11.0. The number of allylic oxidation sites excluding steroid dienone is 1. The third-order valence-corrected chi connectivity index (χ3v) is 6.66. The van der Waals surface area contributed by atoms with Crippen molar-refractivity contribution in [3.63, 3.8) is 0 Å². The molecule has 1 saturated heterocycles. The molecule has 0 atom stereocenters. The second kappa shape index (κ2) is 7.82. The Bertz CT molecular complexity index is 1160. The van der Waals surface area contributed by atoms with E-state index in [0.717, 1.165) is 59.7 Å². The summed E-state index contributed by atoms with van der Waals surface area (Å²) in [6.45, 7) is 8.36. The van der Waals surface area contributed by atoms with Gasteiger partial charge >= 0.3 is 0 Å². The number of piperazine rings is 1. The Labute approximate surface area is 184 Å². The normalized spacial score (nSPS) is 16.7. The summed E-state index contributed by atoms with van der Waals surface area (Å²) in [5, 5.41) is 0. The number of nitrogens with zero attached hydrogens (tertiary/aromatic N) is 2. The molecule has 1 aliphatic heterocycles. The van der Waals surface area contributed by atoms with E-state index in [1.54, 1.807) is 0 Å². The molecule has 0 radical (unpaired) electrons. The number of aryl methyl sites for hydroxylation is 2. The number of rotatable bonds is 3. The van der Waals surface area contributed by atoms with Gasteiger partial charge in [-0.1, -0.05) is 54.6 Å². The van der Waals surface area contributed by atoms with Crippen LogP contribution in [-0.4, -0.2) is 43.9 Å². The maximum Gasteiger partial charge on any atom is 0.194 e. The summed E-state index contributed by atoms with van der Waals surface area (Å²) < 4.78 is 0. The fourth-order valence-electron chi connectivity index (χ4n) is 4.93. The van der Waals surface area contributed by atoms with Gasteiger partial charge in [-0.25, -0.2) is 0 Å². The molecular formula is C28H28N2O. The Balaban J connectivity index is 1.68. The molecular weight excluding hydrogens is 380 g/mol.